The molecular formula is C19H26O4. The number of aliphatic hydroxyl groups excluding tert-OH is 2. The number of benzene rings is 1. The van der Waals surface area contributed by atoms with Gasteiger partial charge in [0, 0.05) is 12.5 Å². The van der Waals surface area contributed by atoms with Gasteiger partial charge in [-0.1, -0.05) is 13.0 Å². The molecule has 0 heterocycles. The van der Waals surface area contributed by atoms with Gasteiger partial charge in [0.05, 0.1) is 12.2 Å². The first-order valence-electron chi connectivity index (χ1n) is 8.68. The molecule has 0 radical (unpaired) electrons. The van der Waals surface area contributed by atoms with Crippen LogP contribution in [-0.4, -0.2) is 40.7 Å². The van der Waals surface area contributed by atoms with Gasteiger partial charge in [-0.15, -0.1) is 0 Å². The Morgan fingerprint density at radius 1 is 1.17 bits per heavy atom. The summed E-state index contributed by atoms with van der Waals surface area (Å²) >= 11 is 0. The van der Waals surface area contributed by atoms with Crippen molar-refractivity contribution in [3.8, 4) is 5.75 Å². The highest BCUT2D eigenvalue weighted by Gasteiger charge is 2.62. The highest BCUT2D eigenvalue weighted by molar-refractivity contribution is 5.40. The molecule has 3 N–H and O–H groups in total. The summed E-state index contributed by atoms with van der Waals surface area (Å²) in [6.07, 6.45) is 2.14. The van der Waals surface area contributed by atoms with Crippen LogP contribution in [0.3, 0.4) is 0 Å². The van der Waals surface area contributed by atoms with Crippen LogP contribution in [0.2, 0.25) is 0 Å². The molecule has 4 nitrogen and oxygen atoms in total. The van der Waals surface area contributed by atoms with Crippen LogP contribution in [0.15, 0.2) is 18.2 Å². The smallest absolute Gasteiger partial charge is 0.115 e. The molecule has 4 heteroatoms. The lowest BCUT2D eigenvalue weighted by atomic mass is 9.55. The van der Waals surface area contributed by atoms with E-state index in [2.05, 4.69) is 13.0 Å². The summed E-state index contributed by atoms with van der Waals surface area (Å²) in [5, 5.41) is 30.9. The van der Waals surface area contributed by atoms with Crippen molar-refractivity contribution >= 4 is 0 Å². The average Bonchev–Trinajstić information content (AvgIpc) is 2.73. The number of rotatable bonds is 1. The second kappa shape index (κ2) is 5.20. The fourth-order valence-corrected chi connectivity index (χ4v) is 6.01. The van der Waals surface area contributed by atoms with Gasteiger partial charge in [0.1, 0.15) is 11.9 Å². The maximum atomic E-state index is 10.7. The molecule has 0 aliphatic heterocycles. The van der Waals surface area contributed by atoms with Crippen LogP contribution in [0.4, 0.5) is 0 Å². The van der Waals surface area contributed by atoms with Gasteiger partial charge in [-0.05, 0) is 66.7 Å². The van der Waals surface area contributed by atoms with Crippen LogP contribution < -0.4 is 0 Å². The van der Waals surface area contributed by atoms with Crippen molar-refractivity contribution < 1.29 is 20.1 Å². The molecule has 7 atom stereocenters. The van der Waals surface area contributed by atoms with Crippen LogP contribution in [-0.2, 0) is 11.2 Å². The van der Waals surface area contributed by atoms with E-state index in [-0.39, 0.29) is 17.4 Å². The molecule has 0 spiro atoms. The summed E-state index contributed by atoms with van der Waals surface area (Å²) in [5.74, 6) is 1.19. The van der Waals surface area contributed by atoms with E-state index in [4.69, 9.17) is 4.74 Å². The van der Waals surface area contributed by atoms with E-state index in [1.165, 1.54) is 11.1 Å². The fraction of sp³-hybridized carbons (Fsp3) is 0.684. The zero-order valence-corrected chi connectivity index (χ0v) is 13.8. The predicted molar refractivity (Wildman–Crippen MR) is 86.3 cm³/mol. The quantitative estimate of drug-likeness (QED) is 0.742. The third-order valence-corrected chi connectivity index (χ3v) is 6.94. The minimum absolute atomic E-state index is 0.0724. The normalized spacial score (nSPS) is 45.2. The van der Waals surface area contributed by atoms with Crippen LogP contribution in [0, 0.1) is 17.3 Å². The summed E-state index contributed by atoms with van der Waals surface area (Å²) in [4.78, 5) is 0. The van der Waals surface area contributed by atoms with E-state index < -0.39 is 12.2 Å². The van der Waals surface area contributed by atoms with E-state index >= 15 is 0 Å². The van der Waals surface area contributed by atoms with Crippen molar-refractivity contribution in [3.05, 3.63) is 29.3 Å². The molecule has 4 unspecified atom stereocenters. The number of ether oxygens (including phenoxy) is 1. The second-order valence-electron chi connectivity index (χ2n) is 7.90. The molecular weight excluding hydrogens is 292 g/mol. The Kier molecular flexibility index (Phi) is 3.49. The number of phenols is 1. The summed E-state index contributed by atoms with van der Waals surface area (Å²) in [6.45, 7) is 2.17. The Bertz CT molecular complexity index is 615. The van der Waals surface area contributed by atoms with Crippen LogP contribution in [0.25, 0.3) is 0 Å². The first kappa shape index (κ1) is 15.4. The summed E-state index contributed by atoms with van der Waals surface area (Å²) in [6, 6.07) is 5.71. The van der Waals surface area contributed by atoms with Gasteiger partial charge in [-0.25, -0.2) is 0 Å². The van der Waals surface area contributed by atoms with E-state index in [9.17, 15) is 15.3 Å². The van der Waals surface area contributed by atoms with Crippen LogP contribution in [0.1, 0.15) is 43.2 Å². The Morgan fingerprint density at radius 2 is 1.96 bits per heavy atom. The van der Waals surface area contributed by atoms with Gasteiger partial charge in [-0.3, -0.25) is 0 Å². The third kappa shape index (κ3) is 2.01. The molecule has 2 saturated carbocycles. The number of hydrogen-bond donors (Lipinski definition) is 3. The molecule has 2 fully saturated rings. The van der Waals surface area contributed by atoms with Gasteiger partial charge >= 0.3 is 0 Å². The molecule has 1 aromatic rings. The van der Waals surface area contributed by atoms with Crippen LogP contribution in [0.5, 0.6) is 5.75 Å². The molecule has 0 bridgehead atoms. The van der Waals surface area contributed by atoms with E-state index in [0.717, 1.165) is 25.7 Å². The molecule has 126 valence electrons. The summed E-state index contributed by atoms with van der Waals surface area (Å²) in [7, 11) is 1.64. The number of hydrogen-bond acceptors (Lipinski definition) is 4. The minimum Gasteiger partial charge on any atom is -0.508 e. The van der Waals surface area contributed by atoms with Crippen molar-refractivity contribution in [2.75, 3.05) is 7.11 Å². The SMILES string of the molecule is CO[C@H]1[C@@H](O)C(O)C2C3CCc4cc(O)ccc4C3CC[C@@]21C. The summed E-state index contributed by atoms with van der Waals surface area (Å²) < 4.78 is 5.59. The van der Waals surface area contributed by atoms with Crippen molar-refractivity contribution in [1.82, 2.24) is 0 Å². The first-order chi connectivity index (χ1) is 11.0. The van der Waals surface area contributed by atoms with Crippen molar-refractivity contribution in [1.29, 1.82) is 0 Å². The van der Waals surface area contributed by atoms with Gasteiger partial charge < -0.3 is 20.1 Å². The molecule has 3 aliphatic carbocycles. The van der Waals surface area contributed by atoms with Crippen LogP contribution >= 0.6 is 0 Å². The molecule has 0 aromatic heterocycles. The summed E-state index contributed by atoms with van der Waals surface area (Å²) in [5.41, 5.74) is 2.40. The number of aryl methyl sites for hydroxylation is 1. The Morgan fingerprint density at radius 3 is 2.70 bits per heavy atom. The molecule has 0 saturated heterocycles. The lowest BCUT2D eigenvalue weighted by molar-refractivity contribution is -0.0746. The third-order valence-electron chi connectivity index (χ3n) is 6.94. The van der Waals surface area contributed by atoms with E-state index in [0.29, 0.717) is 17.6 Å². The zero-order valence-electron chi connectivity index (χ0n) is 13.8. The van der Waals surface area contributed by atoms with E-state index in [1.54, 1.807) is 13.2 Å². The number of phenolic OH excluding ortho intramolecular Hbond substituents is 1. The lowest BCUT2D eigenvalue weighted by Gasteiger charge is -2.50. The molecule has 0 amide bonds. The standard InChI is InChI=1S/C19H26O4/c1-19-8-7-13-12-6-4-11(20)9-10(12)3-5-14(13)15(19)16(21)17(22)18(19)23-2/h4,6,9,13-18,20-22H,3,5,7-8H2,1-2H3/t13?,14?,15?,16?,17-,18-,19-/m0/s1. The van der Waals surface area contributed by atoms with Gasteiger partial charge in [0.2, 0.25) is 0 Å². The average molecular weight is 318 g/mol. The number of aliphatic hydroxyl groups is 2. The monoisotopic (exact) mass is 318 g/mol. The largest absolute Gasteiger partial charge is 0.508 e. The predicted octanol–water partition coefficient (Wildman–Crippen LogP) is 2.20. The maximum absolute atomic E-state index is 10.7. The van der Waals surface area contributed by atoms with Gasteiger partial charge in [-0.2, -0.15) is 0 Å². The Hall–Kier alpha value is -1.10. The van der Waals surface area contributed by atoms with Crippen molar-refractivity contribution in [2.24, 2.45) is 17.3 Å². The van der Waals surface area contributed by atoms with E-state index in [1.807, 2.05) is 6.07 Å². The second-order valence-corrected chi connectivity index (χ2v) is 7.90. The minimum atomic E-state index is -0.796. The maximum Gasteiger partial charge on any atom is 0.115 e. The Balaban J connectivity index is 1.73. The highest BCUT2D eigenvalue weighted by atomic mass is 16.5. The number of fused-ring (bicyclic) bond motifs is 5. The number of methoxy groups -OCH3 is 1. The Labute approximate surface area is 137 Å². The molecule has 3 aliphatic rings. The number of aromatic hydroxyl groups is 1. The van der Waals surface area contributed by atoms with Crippen molar-refractivity contribution in [3.63, 3.8) is 0 Å². The zero-order chi connectivity index (χ0) is 16.4. The lowest BCUT2D eigenvalue weighted by Crippen LogP contribution is -2.46. The fourth-order valence-electron chi connectivity index (χ4n) is 6.01. The van der Waals surface area contributed by atoms with Gasteiger partial charge in [0.25, 0.3) is 0 Å². The topological polar surface area (TPSA) is 69.9 Å². The van der Waals surface area contributed by atoms with Crippen molar-refractivity contribution in [2.45, 2.75) is 56.8 Å². The molecule has 4 rings (SSSR count). The van der Waals surface area contributed by atoms with Gasteiger partial charge in [0.15, 0.2) is 0 Å². The molecule has 1 aromatic carbocycles. The highest BCUT2D eigenvalue weighted by Crippen LogP contribution is 2.61. The molecule has 23 heavy (non-hydrogen) atoms. The first-order valence-corrected chi connectivity index (χ1v) is 8.68.